The first-order chi connectivity index (χ1) is 20.4. The molecule has 4 rings (SSSR count). The van der Waals surface area contributed by atoms with Crippen LogP contribution < -0.4 is 24.8 Å². The van der Waals surface area contributed by atoms with E-state index in [0.717, 1.165) is 42.5 Å². The van der Waals surface area contributed by atoms with Crippen molar-refractivity contribution in [3.8, 4) is 17.2 Å². The molecule has 0 fully saturated rings. The number of pyridine rings is 1. The van der Waals surface area contributed by atoms with Crippen LogP contribution in [0.25, 0.3) is 10.9 Å². The van der Waals surface area contributed by atoms with Crippen molar-refractivity contribution in [2.75, 3.05) is 25.6 Å². The number of aromatic nitrogens is 3. The van der Waals surface area contributed by atoms with Gasteiger partial charge in [-0.2, -0.15) is 0 Å². The highest BCUT2D eigenvalue weighted by molar-refractivity contribution is 6.32. The molecule has 1 amide bonds. The smallest absolute Gasteiger partial charge is 0.220 e. The van der Waals surface area contributed by atoms with Gasteiger partial charge < -0.3 is 30.0 Å². The number of methoxy groups -OCH3 is 1. The molecule has 1 unspecified atom stereocenters. The van der Waals surface area contributed by atoms with Crippen molar-refractivity contribution >= 4 is 39.9 Å². The molecule has 2 heterocycles. The predicted molar refractivity (Wildman–Crippen MR) is 163 cm³/mol. The minimum atomic E-state index is -0.537. The first-order valence-electron chi connectivity index (χ1n) is 13.9. The van der Waals surface area contributed by atoms with Gasteiger partial charge in [0.05, 0.1) is 36.1 Å². The number of carbonyl (C=O) groups excluding carboxylic acids is 1. The minimum Gasteiger partial charge on any atom is -0.493 e. The van der Waals surface area contributed by atoms with Crippen molar-refractivity contribution in [3.05, 3.63) is 71.8 Å². The molecule has 0 aliphatic heterocycles. The maximum atomic E-state index is 11.8. The summed E-state index contributed by atoms with van der Waals surface area (Å²) in [5.74, 6) is 2.29. The predicted octanol–water partition coefficient (Wildman–Crippen LogP) is 5.84. The summed E-state index contributed by atoms with van der Waals surface area (Å²) in [5, 5.41) is 16.5. The van der Waals surface area contributed by atoms with Gasteiger partial charge >= 0.3 is 0 Å². The van der Waals surface area contributed by atoms with Gasteiger partial charge in [-0.05, 0) is 56.2 Å². The van der Waals surface area contributed by atoms with Gasteiger partial charge in [-0.25, -0.2) is 9.97 Å². The maximum absolute atomic E-state index is 11.8. The molecule has 10 nitrogen and oxygen atoms in total. The summed E-state index contributed by atoms with van der Waals surface area (Å²) in [4.78, 5) is 24.9. The molecule has 1 atom stereocenters. The average molecular weight is 594 g/mol. The number of unbranched alkanes of at least 4 members (excludes halogenated alkanes) is 3. The van der Waals surface area contributed by atoms with E-state index in [0.29, 0.717) is 53.2 Å². The number of aliphatic hydroxyl groups excluding tert-OH is 1. The Morgan fingerprint density at radius 1 is 0.976 bits per heavy atom. The number of benzene rings is 2. The molecule has 2 aromatic carbocycles. The molecule has 222 valence electrons. The average Bonchev–Trinajstić information content (AvgIpc) is 2.99. The number of nitrogens with zero attached hydrogens (tertiary/aromatic N) is 3. The van der Waals surface area contributed by atoms with E-state index in [1.807, 2.05) is 36.4 Å². The number of halogens is 1. The van der Waals surface area contributed by atoms with Crippen LogP contribution >= 0.6 is 11.6 Å². The fourth-order valence-electron chi connectivity index (χ4n) is 4.18. The van der Waals surface area contributed by atoms with E-state index >= 15 is 0 Å². The van der Waals surface area contributed by atoms with Gasteiger partial charge in [0.2, 0.25) is 5.91 Å². The second-order valence-electron chi connectivity index (χ2n) is 9.79. The van der Waals surface area contributed by atoms with Crippen LogP contribution in [0.2, 0.25) is 5.02 Å². The summed E-state index contributed by atoms with van der Waals surface area (Å²) in [6, 6.07) is 14.8. The lowest BCUT2D eigenvalue weighted by molar-refractivity contribution is -0.121. The van der Waals surface area contributed by atoms with Crippen LogP contribution in [-0.4, -0.2) is 52.3 Å². The number of rotatable bonds is 16. The molecular weight excluding hydrogens is 558 g/mol. The molecule has 0 aliphatic carbocycles. The Balaban J connectivity index is 1.34. The quantitative estimate of drug-likeness (QED) is 0.137. The molecule has 11 heteroatoms. The summed E-state index contributed by atoms with van der Waals surface area (Å²) < 4.78 is 17.5. The van der Waals surface area contributed by atoms with Gasteiger partial charge in [0.15, 0.2) is 11.5 Å². The van der Waals surface area contributed by atoms with Crippen LogP contribution in [0.3, 0.4) is 0 Å². The topological polar surface area (TPSA) is 128 Å². The second-order valence-corrected chi connectivity index (χ2v) is 10.2. The standard InChI is InChI=1S/C31H36ClN5O5/c1-21(38)18-34-30(39)10-5-3-4-8-14-41-29-16-24-26(17-28(29)40-2)35-20-36-31(24)37-22-11-12-27(25(32)15-22)42-19-23-9-6-7-13-33-23/h6-7,9,11-13,15-17,20-21,38H,3-5,8,10,14,18-19H2,1-2H3,(H,34,39)(H,35,36,37). The van der Waals surface area contributed by atoms with E-state index in [1.54, 1.807) is 32.4 Å². The Labute approximate surface area is 250 Å². The van der Waals surface area contributed by atoms with Crippen LogP contribution in [0.15, 0.2) is 61.1 Å². The van der Waals surface area contributed by atoms with E-state index in [9.17, 15) is 9.90 Å². The summed E-state index contributed by atoms with van der Waals surface area (Å²) in [6.07, 6.45) is 6.59. The normalized spacial score (nSPS) is 11.6. The highest BCUT2D eigenvalue weighted by Gasteiger charge is 2.13. The summed E-state index contributed by atoms with van der Waals surface area (Å²) in [6.45, 7) is 2.75. The van der Waals surface area contributed by atoms with Crippen LogP contribution in [0.4, 0.5) is 11.5 Å². The molecule has 0 saturated heterocycles. The minimum absolute atomic E-state index is 0.0353. The molecule has 2 aromatic heterocycles. The number of ether oxygens (including phenoxy) is 3. The van der Waals surface area contributed by atoms with Gasteiger partial charge in [-0.15, -0.1) is 0 Å². The number of carbonyl (C=O) groups is 1. The zero-order chi connectivity index (χ0) is 29.7. The molecule has 0 saturated carbocycles. The van der Waals surface area contributed by atoms with Crippen molar-refractivity contribution in [1.29, 1.82) is 0 Å². The van der Waals surface area contributed by atoms with E-state index in [2.05, 4.69) is 25.6 Å². The third-order valence-electron chi connectivity index (χ3n) is 6.37. The Hall–Kier alpha value is -4.15. The molecule has 0 bridgehead atoms. The van der Waals surface area contributed by atoms with Gasteiger partial charge in [0, 0.05) is 36.3 Å². The molecule has 0 aliphatic rings. The number of fused-ring (bicyclic) bond motifs is 1. The molecule has 0 spiro atoms. The van der Waals surface area contributed by atoms with E-state index in [4.69, 9.17) is 25.8 Å². The van der Waals surface area contributed by atoms with Crippen LogP contribution in [0.1, 0.15) is 44.7 Å². The lowest BCUT2D eigenvalue weighted by atomic mass is 10.1. The van der Waals surface area contributed by atoms with Crippen molar-refractivity contribution in [2.24, 2.45) is 0 Å². The van der Waals surface area contributed by atoms with Crippen molar-refractivity contribution in [3.63, 3.8) is 0 Å². The zero-order valence-electron chi connectivity index (χ0n) is 23.8. The third kappa shape index (κ3) is 9.19. The van der Waals surface area contributed by atoms with Crippen molar-refractivity contribution < 1.29 is 24.1 Å². The van der Waals surface area contributed by atoms with Crippen LogP contribution in [0, 0.1) is 0 Å². The molecule has 4 aromatic rings. The Kier molecular flexibility index (Phi) is 11.5. The molecular formula is C31H36ClN5O5. The van der Waals surface area contributed by atoms with Crippen molar-refractivity contribution in [1.82, 2.24) is 20.3 Å². The number of hydrogen-bond acceptors (Lipinski definition) is 9. The fourth-order valence-corrected chi connectivity index (χ4v) is 4.41. The van der Waals surface area contributed by atoms with E-state index < -0.39 is 6.10 Å². The Morgan fingerprint density at radius 3 is 2.60 bits per heavy atom. The highest BCUT2D eigenvalue weighted by atomic mass is 35.5. The van der Waals surface area contributed by atoms with Gasteiger partial charge in [0.25, 0.3) is 0 Å². The number of hydrogen-bond donors (Lipinski definition) is 3. The lowest BCUT2D eigenvalue weighted by Gasteiger charge is -2.14. The van der Waals surface area contributed by atoms with E-state index in [-0.39, 0.29) is 12.5 Å². The second kappa shape index (κ2) is 15.7. The summed E-state index contributed by atoms with van der Waals surface area (Å²) in [5.41, 5.74) is 2.25. The van der Waals surface area contributed by atoms with Crippen LogP contribution in [0.5, 0.6) is 17.2 Å². The fraction of sp³-hybridized carbons (Fsp3) is 0.355. The first-order valence-corrected chi connectivity index (χ1v) is 14.3. The molecule has 42 heavy (non-hydrogen) atoms. The van der Waals surface area contributed by atoms with Gasteiger partial charge in [-0.1, -0.05) is 30.5 Å². The maximum Gasteiger partial charge on any atom is 0.220 e. The van der Waals surface area contributed by atoms with Crippen molar-refractivity contribution in [2.45, 2.75) is 51.7 Å². The molecule has 3 N–H and O–H groups in total. The summed E-state index contributed by atoms with van der Waals surface area (Å²) in [7, 11) is 1.59. The van der Waals surface area contributed by atoms with E-state index in [1.165, 1.54) is 6.33 Å². The van der Waals surface area contributed by atoms with Crippen LogP contribution in [-0.2, 0) is 11.4 Å². The largest absolute Gasteiger partial charge is 0.493 e. The highest BCUT2D eigenvalue weighted by Crippen LogP contribution is 2.36. The third-order valence-corrected chi connectivity index (χ3v) is 6.66. The van der Waals surface area contributed by atoms with Gasteiger partial charge in [-0.3, -0.25) is 9.78 Å². The number of nitrogens with one attached hydrogen (secondary N) is 2. The first kappa shape index (κ1) is 30.8. The number of anilines is 2. The summed E-state index contributed by atoms with van der Waals surface area (Å²) >= 11 is 6.50. The SMILES string of the molecule is COc1cc2ncnc(Nc3ccc(OCc4ccccn4)c(Cl)c3)c2cc1OCCCCCCC(=O)NCC(C)O. The zero-order valence-corrected chi connectivity index (χ0v) is 24.6. The lowest BCUT2D eigenvalue weighted by Crippen LogP contribution is -2.30. The Bertz CT molecular complexity index is 1450. The Morgan fingerprint density at radius 2 is 1.83 bits per heavy atom. The molecule has 0 radical (unpaired) electrons. The monoisotopic (exact) mass is 593 g/mol. The number of amides is 1. The number of aliphatic hydroxyl groups is 1. The van der Waals surface area contributed by atoms with Gasteiger partial charge in [0.1, 0.15) is 24.5 Å².